The molecule has 0 aliphatic heterocycles. The summed E-state index contributed by atoms with van der Waals surface area (Å²) in [6.07, 6.45) is 3.74. The standard InChI is InChI=1S/C14H20FNOS/c1-9(14(8-17)18-2)16-13-7-6-10-11(13)4-3-5-12(10)15/h3-5,9,13-14,16-17H,6-8H2,1-2H3. The van der Waals surface area contributed by atoms with Gasteiger partial charge in [-0.2, -0.15) is 11.8 Å². The molecule has 1 aliphatic rings. The fraction of sp³-hybridized carbons (Fsp3) is 0.571. The average Bonchev–Trinajstić information content (AvgIpc) is 2.76. The molecular weight excluding hydrogens is 249 g/mol. The van der Waals surface area contributed by atoms with Crippen LogP contribution in [0.2, 0.25) is 0 Å². The molecule has 100 valence electrons. The van der Waals surface area contributed by atoms with Gasteiger partial charge in [-0.3, -0.25) is 0 Å². The van der Waals surface area contributed by atoms with E-state index in [1.807, 2.05) is 12.3 Å². The maximum Gasteiger partial charge on any atom is 0.126 e. The lowest BCUT2D eigenvalue weighted by Crippen LogP contribution is -2.39. The number of aliphatic hydroxyl groups is 1. The summed E-state index contributed by atoms with van der Waals surface area (Å²) >= 11 is 1.66. The summed E-state index contributed by atoms with van der Waals surface area (Å²) in [6.45, 7) is 2.24. The fourth-order valence-corrected chi connectivity index (χ4v) is 3.28. The third-order valence-electron chi connectivity index (χ3n) is 3.72. The highest BCUT2D eigenvalue weighted by Crippen LogP contribution is 2.33. The Labute approximate surface area is 112 Å². The van der Waals surface area contributed by atoms with Gasteiger partial charge in [-0.25, -0.2) is 4.39 Å². The second-order valence-corrected chi connectivity index (χ2v) is 5.89. The molecule has 0 saturated carbocycles. The Morgan fingerprint density at radius 1 is 1.56 bits per heavy atom. The van der Waals surface area contributed by atoms with Crippen LogP contribution in [0.5, 0.6) is 0 Å². The van der Waals surface area contributed by atoms with E-state index >= 15 is 0 Å². The minimum absolute atomic E-state index is 0.0898. The maximum atomic E-state index is 13.6. The summed E-state index contributed by atoms with van der Waals surface area (Å²) < 4.78 is 13.6. The van der Waals surface area contributed by atoms with Gasteiger partial charge >= 0.3 is 0 Å². The lowest BCUT2D eigenvalue weighted by molar-refractivity contribution is 0.270. The van der Waals surface area contributed by atoms with Gasteiger partial charge in [0.25, 0.3) is 0 Å². The van der Waals surface area contributed by atoms with Crippen molar-refractivity contribution in [2.45, 2.75) is 37.1 Å². The molecule has 18 heavy (non-hydrogen) atoms. The average molecular weight is 269 g/mol. The van der Waals surface area contributed by atoms with Crippen molar-refractivity contribution in [3.05, 3.63) is 35.1 Å². The van der Waals surface area contributed by atoms with E-state index in [1.54, 1.807) is 17.8 Å². The van der Waals surface area contributed by atoms with Crippen LogP contribution in [-0.4, -0.2) is 29.3 Å². The molecule has 2 N–H and O–H groups in total. The molecular formula is C14H20FNOS. The lowest BCUT2D eigenvalue weighted by atomic mass is 10.1. The summed E-state index contributed by atoms with van der Waals surface area (Å²) in [7, 11) is 0. The van der Waals surface area contributed by atoms with E-state index in [0.717, 1.165) is 24.0 Å². The van der Waals surface area contributed by atoms with Crippen molar-refractivity contribution in [1.82, 2.24) is 5.32 Å². The predicted molar refractivity (Wildman–Crippen MR) is 74.4 cm³/mol. The van der Waals surface area contributed by atoms with E-state index < -0.39 is 0 Å². The quantitative estimate of drug-likeness (QED) is 0.861. The molecule has 1 aliphatic carbocycles. The Morgan fingerprint density at radius 3 is 3.00 bits per heavy atom. The predicted octanol–water partition coefficient (Wildman–Crippen LogP) is 2.52. The molecule has 0 amide bonds. The first kappa shape index (κ1) is 13.8. The third-order valence-corrected chi connectivity index (χ3v) is 4.88. The number of hydrogen-bond acceptors (Lipinski definition) is 3. The van der Waals surface area contributed by atoms with Crippen LogP contribution in [0.15, 0.2) is 18.2 Å². The van der Waals surface area contributed by atoms with Crippen molar-refractivity contribution in [3.8, 4) is 0 Å². The molecule has 0 aromatic heterocycles. The summed E-state index contributed by atoms with van der Waals surface area (Å²) in [5.41, 5.74) is 1.94. The van der Waals surface area contributed by atoms with Crippen LogP contribution in [0.3, 0.4) is 0 Å². The fourth-order valence-electron chi connectivity index (χ4n) is 2.64. The number of hydrogen-bond donors (Lipinski definition) is 2. The van der Waals surface area contributed by atoms with Crippen molar-refractivity contribution in [2.24, 2.45) is 0 Å². The van der Waals surface area contributed by atoms with Crippen LogP contribution in [0.1, 0.15) is 30.5 Å². The normalized spacial score (nSPS) is 21.7. The topological polar surface area (TPSA) is 32.3 Å². The number of rotatable bonds is 5. The molecule has 3 unspecified atom stereocenters. The van der Waals surface area contributed by atoms with Gasteiger partial charge < -0.3 is 10.4 Å². The monoisotopic (exact) mass is 269 g/mol. The summed E-state index contributed by atoms with van der Waals surface area (Å²) in [5, 5.41) is 13.0. The first-order valence-electron chi connectivity index (χ1n) is 6.34. The number of nitrogens with one attached hydrogen (secondary N) is 1. The van der Waals surface area contributed by atoms with Gasteiger partial charge in [0.2, 0.25) is 0 Å². The van der Waals surface area contributed by atoms with Gasteiger partial charge in [0.05, 0.1) is 6.61 Å². The molecule has 0 radical (unpaired) electrons. The van der Waals surface area contributed by atoms with Gasteiger partial charge in [0.1, 0.15) is 5.82 Å². The van der Waals surface area contributed by atoms with Gasteiger partial charge in [-0.05, 0) is 43.2 Å². The van der Waals surface area contributed by atoms with E-state index in [9.17, 15) is 9.50 Å². The zero-order valence-electron chi connectivity index (χ0n) is 10.8. The molecule has 2 rings (SSSR count). The Hall–Kier alpha value is -0.580. The number of halogens is 1. The molecule has 3 atom stereocenters. The van der Waals surface area contributed by atoms with Crippen molar-refractivity contribution < 1.29 is 9.50 Å². The van der Waals surface area contributed by atoms with E-state index in [1.165, 1.54) is 6.07 Å². The summed E-state index contributed by atoms with van der Waals surface area (Å²) in [5.74, 6) is -0.0898. The highest BCUT2D eigenvalue weighted by atomic mass is 32.2. The van der Waals surface area contributed by atoms with Crippen LogP contribution >= 0.6 is 11.8 Å². The second-order valence-electron chi connectivity index (χ2n) is 4.81. The second kappa shape index (κ2) is 6.04. The van der Waals surface area contributed by atoms with Crippen LogP contribution in [0, 0.1) is 5.82 Å². The Kier molecular flexibility index (Phi) is 4.65. The Balaban J connectivity index is 2.08. The third kappa shape index (κ3) is 2.71. The van der Waals surface area contributed by atoms with Crippen LogP contribution in [-0.2, 0) is 6.42 Å². The Bertz CT molecular complexity index is 409. The van der Waals surface area contributed by atoms with E-state index in [0.29, 0.717) is 0 Å². The minimum atomic E-state index is -0.0898. The van der Waals surface area contributed by atoms with Crippen molar-refractivity contribution in [2.75, 3.05) is 12.9 Å². The number of aliphatic hydroxyl groups excluding tert-OH is 1. The molecule has 0 fully saturated rings. The highest BCUT2D eigenvalue weighted by Gasteiger charge is 2.27. The van der Waals surface area contributed by atoms with Gasteiger partial charge in [0, 0.05) is 17.3 Å². The molecule has 1 aromatic carbocycles. The molecule has 4 heteroatoms. The highest BCUT2D eigenvalue weighted by molar-refractivity contribution is 7.99. The molecule has 0 saturated heterocycles. The minimum Gasteiger partial charge on any atom is -0.395 e. The Morgan fingerprint density at radius 2 is 2.33 bits per heavy atom. The number of fused-ring (bicyclic) bond motifs is 1. The molecule has 0 bridgehead atoms. The van der Waals surface area contributed by atoms with Gasteiger partial charge in [0.15, 0.2) is 0 Å². The van der Waals surface area contributed by atoms with Gasteiger partial charge in [-0.1, -0.05) is 12.1 Å². The maximum absolute atomic E-state index is 13.6. The van der Waals surface area contributed by atoms with E-state index in [-0.39, 0.29) is 29.8 Å². The largest absolute Gasteiger partial charge is 0.395 e. The zero-order valence-corrected chi connectivity index (χ0v) is 11.6. The van der Waals surface area contributed by atoms with Crippen molar-refractivity contribution in [3.63, 3.8) is 0 Å². The SMILES string of the molecule is CSC(CO)C(C)NC1CCc2c(F)cccc21. The van der Waals surface area contributed by atoms with Crippen molar-refractivity contribution >= 4 is 11.8 Å². The molecule has 0 spiro atoms. The molecule has 1 aromatic rings. The molecule has 0 heterocycles. The van der Waals surface area contributed by atoms with E-state index in [4.69, 9.17) is 0 Å². The van der Waals surface area contributed by atoms with E-state index in [2.05, 4.69) is 12.2 Å². The first-order chi connectivity index (χ1) is 8.67. The van der Waals surface area contributed by atoms with Crippen LogP contribution in [0.4, 0.5) is 4.39 Å². The lowest BCUT2D eigenvalue weighted by Gasteiger charge is -2.25. The number of thioether (sulfide) groups is 1. The zero-order chi connectivity index (χ0) is 13.1. The van der Waals surface area contributed by atoms with Crippen LogP contribution < -0.4 is 5.32 Å². The summed E-state index contributed by atoms with van der Waals surface area (Å²) in [6, 6.07) is 5.74. The van der Waals surface area contributed by atoms with Crippen LogP contribution in [0.25, 0.3) is 0 Å². The number of benzene rings is 1. The summed E-state index contributed by atoms with van der Waals surface area (Å²) in [4.78, 5) is 0. The van der Waals surface area contributed by atoms with Gasteiger partial charge in [-0.15, -0.1) is 0 Å². The first-order valence-corrected chi connectivity index (χ1v) is 7.63. The smallest absolute Gasteiger partial charge is 0.126 e. The van der Waals surface area contributed by atoms with Crippen molar-refractivity contribution in [1.29, 1.82) is 0 Å². The molecule has 2 nitrogen and oxygen atoms in total.